The van der Waals surface area contributed by atoms with Crippen LogP contribution in [-0.4, -0.2) is 12.3 Å². The average molecular weight is 313 g/mol. The Morgan fingerprint density at radius 1 is 1.18 bits per heavy atom. The molecule has 1 aromatic rings. The van der Waals surface area contributed by atoms with E-state index in [1.165, 1.54) is 37.1 Å². The third kappa shape index (κ3) is 3.54. The molecule has 2 aliphatic carbocycles. The first-order valence-corrected chi connectivity index (χ1v) is 7.53. The van der Waals surface area contributed by atoms with Crippen LogP contribution in [-0.2, 0) is 11.3 Å². The number of alkyl halides is 3. The molecule has 2 fully saturated rings. The number of halogens is 3. The normalized spacial score (nSPS) is 27.0. The van der Waals surface area contributed by atoms with Crippen molar-refractivity contribution in [1.82, 2.24) is 5.32 Å². The van der Waals surface area contributed by atoms with Crippen molar-refractivity contribution in [1.29, 1.82) is 0 Å². The van der Waals surface area contributed by atoms with Crippen LogP contribution in [0.1, 0.15) is 31.2 Å². The summed E-state index contributed by atoms with van der Waals surface area (Å²) in [5.41, 5.74) is 0.756. The van der Waals surface area contributed by atoms with Gasteiger partial charge in [-0.1, -0.05) is 18.6 Å². The second-order valence-electron chi connectivity index (χ2n) is 6.19. The van der Waals surface area contributed by atoms with Crippen molar-refractivity contribution < 1.29 is 22.7 Å². The van der Waals surface area contributed by atoms with Gasteiger partial charge in [-0.15, -0.1) is 13.2 Å². The van der Waals surface area contributed by atoms with Crippen molar-refractivity contribution in [3.8, 4) is 5.75 Å². The van der Waals surface area contributed by atoms with E-state index in [9.17, 15) is 18.0 Å². The SMILES string of the molecule is O=C(NCc1ccc(OC(F)(F)F)cc1)C1CC2CCC1C2. The van der Waals surface area contributed by atoms with Gasteiger partial charge in [0.15, 0.2) is 0 Å². The first kappa shape index (κ1) is 15.2. The van der Waals surface area contributed by atoms with Crippen LogP contribution in [0, 0.1) is 17.8 Å². The Morgan fingerprint density at radius 2 is 1.91 bits per heavy atom. The van der Waals surface area contributed by atoms with E-state index in [1.54, 1.807) is 0 Å². The van der Waals surface area contributed by atoms with Crippen molar-refractivity contribution in [2.24, 2.45) is 17.8 Å². The van der Waals surface area contributed by atoms with Crippen LogP contribution in [0.2, 0.25) is 0 Å². The van der Waals surface area contributed by atoms with Gasteiger partial charge in [0.1, 0.15) is 5.75 Å². The van der Waals surface area contributed by atoms with Crippen LogP contribution in [0.3, 0.4) is 0 Å². The zero-order valence-corrected chi connectivity index (χ0v) is 12.0. The summed E-state index contributed by atoms with van der Waals surface area (Å²) in [7, 11) is 0. The van der Waals surface area contributed by atoms with Crippen molar-refractivity contribution in [3.63, 3.8) is 0 Å². The van der Waals surface area contributed by atoms with Crippen LogP contribution >= 0.6 is 0 Å². The van der Waals surface area contributed by atoms with E-state index in [0.29, 0.717) is 18.4 Å². The number of carbonyl (C=O) groups excluding carboxylic acids is 1. The van der Waals surface area contributed by atoms with Gasteiger partial charge in [0.25, 0.3) is 0 Å². The minimum absolute atomic E-state index is 0.0721. The zero-order chi connectivity index (χ0) is 15.7. The standard InChI is InChI=1S/C16H18F3NO2/c17-16(18,19)22-13-5-2-10(3-6-13)9-20-15(21)14-8-11-1-4-12(14)7-11/h2-3,5-6,11-12,14H,1,4,7-9H2,(H,20,21). The molecular formula is C16H18F3NO2. The highest BCUT2D eigenvalue weighted by molar-refractivity contribution is 5.79. The first-order chi connectivity index (χ1) is 10.4. The van der Waals surface area contributed by atoms with Crippen LogP contribution in [0.4, 0.5) is 13.2 Å². The molecule has 0 spiro atoms. The molecule has 3 unspecified atom stereocenters. The molecule has 2 saturated carbocycles. The first-order valence-electron chi connectivity index (χ1n) is 7.53. The maximum Gasteiger partial charge on any atom is 0.573 e. The number of rotatable bonds is 4. The van der Waals surface area contributed by atoms with Crippen LogP contribution < -0.4 is 10.1 Å². The summed E-state index contributed by atoms with van der Waals surface area (Å²) in [6.45, 7) is 0.332. The Bertz CT molecular complexity index is 541. The maximum absolute atomic E-state index is 12.2. The van der Waals surface area contributed by atoms with E-state index in [4.69, 9.17) is 0 Å². The lowest BCUT2D eigenvalue weighted by molar-refractivity contribution is -0.274. The van der Waals surface area contributed by atoms with Crippen LogP contribution in [0.5, 0.6) is 5.75 Å². The molecule has 1 N–H and O–H groups in total. The number of amides is 1. The predicted octanol–water partition coefficient (Wildman–Crippen LogP) is 3.64. The van der Waals surface area contributed by atoms with Gasteiger partial charge in [-0.25, -0.2) is 0 Å². The summed E-state index contributed by atoms with van der Waals surface area (Å²) in [4.78, 5) is 12.2. The average Bonchev–Trinajstić information content (AvgIpc) is 3.07. The van der Waals surface area contributed by atoms with Crippen molar-refractivity contribution in [3.05, 3.63) is 29.8 Å². The molecule has 2 aliphatic rings. The molecule has 0 aromatic heterocycles. The monoisotopic (exact) mass is 313 g/mol. The quantitative estimate of drug-likeness (QED) is 0.921. The molecule has 6 heteroatoms. The molecule has 1 amide bonds. The molecule has 0 saturated heterocycles. The van der Waals surface area contributed by atoms with Gasteiger partial charge in [-0.2, -0.15) is 0 Å². The summed E-state index contributed by atoms with van der Waals surface area (Å²) in [6, 6.07) is 5.57. The molecule has 3 nitrogen and oxygen atoms in total. The Hall–Kier alpha value is -1.72. The van der Waals surface area contributed by atoms with E-state index in [1.807, 2.05) is 0 Å². The van der Waals surface area contributed by atoms with Crippen molar-refractivity contribution in [2.75, 3.05) is 0 Å². The zero-order valence-electron chi connectivity index (χ0n) is 12.0. The van der Waals surface area contributed by atoms with Crippen molar-refractivity contribution in [2.45, 2.75) is 38.6 Å². The molecule has 0 heterocycles. The predicted molar refractivity (Wildman–Crippen MR) is 73.9 cm³/mol. The smallest absolute Gasteiger partial charge is 0.406 e. The molecule has 0 radical (unpaired) electrons. The summed E-state index contributed by atoms with van der Waals surface area (Å²) in [5, 5.41) is 2.89. The topological polar surface area (TPSA) is 38.3 Å². The molecular weight excluding hydrogens is 295 g/mol. The lowest BCUT2D eigenvalue weighted by Gasteiger charge is -2.20. The lowest BCUT2D eigenvalue weighted by atomic mass is 9.88. The van der Waals surface area contributed by atoms with Gasteiger partial charge < -0.3 is 10.1 Å². The Labute approximate surface area is 126 Å². The maximum atomic E-state index is 12.2. The number of carbonyl (C=O) groups is 1. The minimum atomic E-state index is -4.68. The van der Waals surface area contributed by atoms with Gasteiger partial charge in [0.05, 0.1) is 0 Å². The van der Waals surface area contributed by atoms with E-state index in [2.05, 4.69) is 10.1 Å². The second kappa shape index (κ2) is 5.82. The Morgan fingerprint density at radius 3 is 2.45 bits per heavy atom. The highest BCUT2D eigenvalue weighted by atomic mass is 19.4. The van der Waals surface area contributed by atoms with Crippen LogP contribution in [0.15, 0.2) is 24.3 Å². The van der Waals surface area contributed by atoms with E-state index in [0.717, 1.165) is 18.4 Å². The summed E-state index contributed by atoms with van der Waals surface area (Å²) in [6.07, 6.45) is -0.144. The van der Waals surface area contributed by atoms with Gasteiger partial charge in [0, 0.05) is 12.5 Å². The molecule has 22 heavy (non-hydrogen) atoms. The van der Waals surface area contributed by atoms with Gasteiger partial charge in [0.2, 0.25) is 5.91 Å². The minimum Gasteiger partial charge on any atom is -0.406 e. The fourth-order valence-electron chi connectivity index (χ4n) is 3.70. The summed E-state index contributed by atoms with van der Waals surface area (Å²) >= 11 is 0. The fourth-order valence-corrected chi connectivity index (χ4v) is 3.70. The van der Waals surface area contributed by atoms with Gasteiger partial charge >= 0.3 is 6.36 Å². The summed E-state index contributed by atoms with van der Waals surface area (Å²) in [5.74, 6) is 1.16. The van der Waals surface area contributed by atoms with Crippen LogP contribution in [0.25, 0.3) is 0 Å². The number of fused-ring (bicyclic) bond motifs is 2. The molecule has 120 valence electrons. The fraction of sp³-hybridized carbons (Fsp3) is 0.562. The molecule has 1 aromatic carbocycles. The third-order valence-electron chi connectivity index (χ3n) is 4.70. The van der Waals surface area contributed by atoms with E-state index >= 15 is 0 Å². The molecule has 0 aliphatic heterocycles. The third-order valence-corrected chi connectivity index (χ3v) is 4.70. The van der Waals surface area contributed by atoms with Gasteiger partial charge in [-0.3, -0.25) is 4.79 Å². The largest absolute Gasteiger partial charge is 0.573 e. The second-order valence-corrected chi connectivity index (χ2v) is 6.19. The number of benzene rings is 1. The number of ether oxygens (including phenoxy) is 1. The highest BCUT2D eigenvalue weighted by Crippen LogP contribution is 2.48. The number of hydrogen-bond donors (Lipinski definition) is 1. The number of nitrogens with one attached hydrogen (secondary N) is 1. The molecule has 3 atom stereocenters. The molecule has 3 rings (SSSR count). The molecule has 2 bridgehead atoms. The highest BCUT2D eigenvalue weighted by Gasteiger charge is 2.42. The summed E-state index contributed by atoms with van der Waals surface area (Å²) < 4.78 is 40.0. The Kier molecular flexibility index (Phi) is 4.02. The Balaban J connectivity index is 1.50. The number of hydrogen-bond acceptors (Lipinski definition) is 2. The van der Waals surface area contributed by atoms with Gasteiger partial charge in [-0.05, 0) is 48.8 Å². The van der Waals surface area contributed by atoms with Crippen molar-refractivity contribution >= 4 is 5.91 Å². The van der Waals surface area contributed by atoms with E-state index in [-0.39, 0.29) is 17.6 Å². The lowest BCUT2D eigenvalue weighted by Crippen LogP contribution is -2.33. The van der Waals surface area contributed by atoms with E-state index < -0.39 is 6.36 Å².